The highest BCUT2D eigenvalue weighted by atomic mass is 16.5. The third-order valence-corrected chi connectivity index (χ3v) is 3.88. The molecular weight excluding hydrogens is 320 g/mol. The zero-order valence-corrected chi connectivity index (χ0v) is 15.0. The monoisotopic (exact) mass is 344 g/mol. The van der Waals surface area contributed by atoms with Crippen molar-refractivity contribution >= 4 is 5.97 Å². The summed E-state index contributed by atoms with van der Waals surface area (Å²) in [5.74, 6) is 1.13. The summed E-state index contributed by atoms with van der Waals surface area (Å²) in [5.41, 5.74) is 2.65. The van der Waals surface area contributed by atoms with Gasteiger partial charge in [0.15, 0.2) is 11.5 Å². The molecule has 0 atom stereocenters. The minimum atomic E-state index is -1.01. The second kappa shape index (κ2) is 8.42. The second-order valence-corrected chi connectivity index (χ2v) is 6.04. The largest absolute Gasteiger partial charge is 0.493 e. The van der Waals surface area contributed by atoms with E-state index in [0.29, 0.717) is 24.0 Å². The number of ether oxygens (including phenoxy) is 3. The van der Waals surface area contributed by atoms with Gasteiger partial charge in [-0.3, -0.25) is 0 Å². The molecule has 1 N–H and O–H groups in total. The Morgan fingerprint density at radius 2 is 1.76 bits per heavy atom. The molecule has 0 amide bonds. The molecule has 5 nitrogen and oxygen atoms in total. The van der Waals surface area contributed by atoms with Gasteiger partial charge < -0.3 is 19.3 Å². The number of benzene rings is 2. The van der Waals surface area contributed by atoms with E-state index >= 15 is 0 Å². The van der Waals surface area contributed by atoms with Gasteiger partial charge in [-0.2, -0.15) is 0 Å². The Morgan fingerprint density at radius 3 is 2.36 bits per heavy atom. The van der Waals surface area contributed by atoms with Crippen LogP contribution in [0.25, 0.3) is 0 Å². The van der Waals surface area contributed by atoms with E-state index in [1.54, 1.807) is 6.07 Å². The first-order valence-corrected chi connectivity index (χ1v) is 8.20. The smallest absolute Gasteiger partial charge is 0.335 e. The fraction of sp³-hybridized carbons (Fsp3) is 0.350. The van der Waals surface area contributed by atoms with Crippen LogP contribution in [0.1, 0.15) is 41.3 Å². The molecule has 2 aromatic carbocycles. The number of carboxylic acid groups (broad SMARTS) is 1. The van der Waals surface area contributed by atoms with Gasteiger partial charge in [0.05, 0.1) is 12.7 Å². The number of carbonyl (C=O) groups is 1. The van der Waals surface area contributed by atoms with Crippen molar-refractivity contribution in [1.29, 1.82) is 0 Å². The quantitative estimate of drug-likeness (QED) is 0.724. The highest BCUT2D eigenvalue weighted by Gasteiger charge is 2.10. The molecule has 0 spiro atoms. The average Bonchev–Trinajstić information content (AvgIpc) is 2.58. The molecule has 134 valence electrons. The van der Waals surface area contributed by atoms with Crippen LogP contribution in [-0.2, 0) is 0 Å². The number of methoxy groups -OCH3 is 1. The Balaban J connectivity index is 1.94. The lowest BCUT2D eigenvalue weighted by Crippen LogP contribution is -2.10. The summed E-state index contributed by atoms with van der Waals surface area (Å²) in [7, 11) is 1.51. The van der Waals surface area contributed by atoms with Crippen LogP contribution in [0.3, 0.4) is 0 Å². The number of carboxylic acids is 1. The zero-order chi connectivity index (χ0) is 18.4. The summed E-state index contributed by atoms with van der Waals surface area (Å²) in [5, 5.41) is 9.06. The van der Waals surface area contributed by atoms with Crippen molar-refractivity contribution in [2.24, 2.45) is 0 Å². The summed E-state index contributed by atoms with van der Waals surface area (Å²) >= 11 is 0. The minimum Gasteiger partial charge on any atom is -0.493 e. The van der Waals surface area contributed by atoms with Crippen LogP contribution in [0.2, 0.25) is 0 Å². The summed E-state index contributed by atoms with van der Waals surface area (Å²) in [4.78, 5) is 11.1. The summed E-state index contributed by atoms with van der Waals surface area (Å²) < 4.78 is 16.5. The summed E-state index contributed by atoms with van der Waals surface area (Å²) in [6.45, 7) is 7.02. The predicted molar refractivity (Wildman–Crippen MR) is 96.2 cm³/mol. The lowest BCUT2D eigenvalue weighted by molar-refractivity contribution is 0.0696. The van der Waals surface area contributed by atoms with Crippen molar-refractivity contribution in [2.75, 3.05) is 20.3 Å². The average molecular weight is 344 g/mol. The number of aryl methyl sites for hydroxylation is 1. The molecule has 2 rings (SSSR count). The maximum Gasteiger partial charge on any atom is 0.335 e. The van der Waals surface area contributed by atoms with Crippen molar-refractivity contribution in [3.05, 3.63) is 53.1 Å². The van der Waals surface area contributed by atoms with Gasteiger partial charge in [-0.25, -0.2) is 4.79 Å². The van der Waals surface area contributed by atoms with Gasteiger partial charge in [0.1, 0.15) is 19.0 Å². The van der Waals surface area contributed by atoms with Gasteiger partial charge in [0.25, 0.3) is 0 Å². The lowest BCUT2D eigenvalue weighted by Gasteiger charge is -2.14. The first-order chi connectivity index (χ1) is 11.9. The first-order valence-electron chi connectivity index (χ1n) is 8.20. The number of rotatable bonds is 8. The molecule has 0 saturated heterocycles. The van der Waals surface area contributed by atoms with Gasteiger partial charge in [0, 0.05) is 0 Å². The zero-order valence-electron chi connectivity index (χ0n) is 15.0. The van der Waals surface area contributed by atoms with E-state index in [1.807, 2.05) is 12.1 Å². The van der Waals surface area contributed by atoms with E-state index in [-0.39, 0.29) is 12.2 Å². The molecule has 0 radical (unpaired) electrons. The van der Waals surface area contributed by atoms with E-state index in [9.17, 15) is 4.79 Å². The number of hydrogen-bond acceptors (Lipinski definition) is 4. The Labute approximate surface area is 148 Å². The maximum absolute atomic E-state index is 11.1. The van der Waals surface area contributed by atoms with E-state index in [1.165, 1.54) is 30.4 Å². The van der Waals surface area contributed by atoms with E-state index < -0.39 is 5.97 Å². The van der Waals surface area contributed by atoms with Crippen LogP contribution in [0.15, 0.2) is 36.4 Å². The van der Waals surface area contributed by atoms with Crippen LogP contribution in [0.4, 0.5) is 0 Å². The topological polar surface area (TPSA) is 65.0 Å². The number of aromatic carboxylic acids is 1. The number of hydrogen-bond donors (Lipinski definition) is 1. The van der Waals surface area contributed by atoms with Gasteiger partial charge >= 0.3 is 5.97 Å². The fourth-order valence-electron chi connectivity index (χ4n) is 2.62. The van der Waals surface area contributed by atoms with Gasteiger partial charge in [-0.15, -0.1) is 0 Å². The molecule has 0 aromatic heterocycles. The van der Waals surface area contributed by atoms with Crippen molar-refractivity contribution in [3.63, 3.8) is 0 Å². The molecule has 2 aromatic rings. The fourth-order valence-corrected chi connectivity index (χ4v) is 2.62. The summed E-state index contributed by atoms with van der Waals surface area (Å²) in [6.07, 6.45) is 0. The van der Waals surface area contributed by atoms with E-state index in [2.05, 4.69) is 26.8 Å². The van der Waals surface area contributed by atoms with Crippen molar-refractivity contribution in [1.82, 2.24) is 0 Å². The first kappa shape index (κ1) is 18.6. The van der Waals surface area contributed by atoms with Crippen LogP contribution in [-0.4, -0.2) is 31.4 Å². The van der Waals surface area contributed by atoms with Crippen molar-refractivity contribution in [3.8, 4) is 17.2 Å². The second-order valence-electron chi connectivity index (χ2n) is 6.04. The molecule has 0 aliphatic carbocycles. The Morgan fingerprint density at radius 1 is 1.04 bits per heavy atom. The Bertz CT molecular complexity index is 737. The Kier molecular flexibility index (Phi) is 6.28. The van der Waals surface area contributed by atoms with Gasteiger partial charge in [-0.1, -0.05) is 19.9 Å². The van der Waals surface area contributed by atoms with Crippen molar-refractivity contribution < 1.29 is 24.1 Å². The molecule has 0 bridgehead atoms. The highest BCUT2D eigenvalue weighted by Crippen LogP contribution is 2.28. The summed E-state index contributed by atoms with van der Waals surface area (Å²) in [6, 6.07) is 10.5. The molecule has 0 heterocycles. The normalized spacial score (nSPS) is 10.6. The Hall–Kier alpha value is -2.69. The standard InChI is InChI=1S/C20H24O5/c1-13(2)17-7-6-16(11-14(17)3)24-9-10-25-19-12-15(20(21)22)5-8-18(19)23-4/h5-8,11-13H,9-10H2,1-4H3,(H,21,22). The lowest BCUT2D eigenvalue weighted by atomic mass is 9.98. The van der Waals surface area contributed by atoms with Crippen LogP contribution >= 0.6 is 0 Å². The van der Waals surface area contributed by atoms with Crippen LogP contribution < -0.4 is 14.2 Å². The minimum absolute atomic E-state index is 0.150. The van der Waals surface area contributed by atoms with Crippen LogP contribution in [0.5, 0.6) is 17.2 Å². The van der Waals surface area contributed by atoms with E-state index in [4.69, 9.17) is 19.3 Å². The molecule has 5 heteroatoms. The third kappa shape index (κ3) is 4.89. The predicted octanol–water partition coefficient (Wildman–Crippen LogP) is 4.28. The molecule has 0 aliphatic rings. The molecule has 0 unspecified atom stereocenters. The molecule has 25 heavy (non-hydrogen) atoms. The highest BCUT2D eigenvalue weighted by molar-refractivity contribution is 5.88. The van der Waals surface area contributed by atoms with Gasteiger partial charge in [0.2, 0.25) is 0 Å². The van der Waals surface area contributed by atoms with Crippen molar-refractivity contribution in [2.45, 2.75) is 26.7 Å². The maximum atomic E-state index is 11.1. The molecule has 0 aliphatic heterocycles. The van der Waals surface area contributed by atoms with E-state index in [0.717, 1.165) is 5.75 Å². The molecule has 0 fully saturated rings. The van der Waals surface area contributed by atoms with Crippen LogP contribution in [0, 0.1) is 6.92 Å². The SMILES string of the molecule is COc1ccc(C(=O)O)cc1OCCOc1ccc(C(C)C)c(C)c1. The molecular formula is C20H24O5. The van der Waals surface area contributed by atoms with Gasteiger partial charge in [-0.05, 0) is 54.3 Å². The third-order valence-electron chi connectivity index (χ3n) is 3.88. The molecule has 0 saturated carbocycles.